The fraction of sp³-hybridized carbons (Fsp3) is 0.529. The van der Waals surface area contributed by atoms with Gasteiger partial charge in [0, 0.05) is 19.0 Å². The topological polar surface area (TPSA) is 46.6 Å². The maximum absolute atomic E-state index is 12.6. The van der Waals surface area contributed by atoms with Gasteiger partial charge in [-0.2, -0.15) is 0 Å². The van der Waals surface area contributed by atoms with Gasteiger partial charge in [-0.3, -0.25) is 9.59 Å². The van der Waals surface area contributed by atoms with Crippen LogP contribution < -0.4 is 0 Å². The lowest BCUT2D eigenvalue weighted by Crippen LogP contribution is -2.31. The van der Waals surface area contributed by atoms with Crippen LogP contribution >= 0.6 is 0 Å². The fourth-order valence-electron chi connectivity index (χ4n) is 3.38. The standard InChI is InChI=1S/C17H21NO3/c1-11-9-18(10-15(11)17(20)21-2)16(19)14-8-13(14)12-6-4-3-5-7-12/h3-7,11,13-15H,8-10H2,1-2H3. The van der Waals surface area contributed by atoms with Crippen LogP contribution in [-0.4, -0.2) is 37.0 Å². The van der Waals surface area contributed by atoms with E-state index in [1.54, 1.807) is 0 Å². The molecule has 4 nitrogen and oxygen atoms in total. The zero-order valence-corrected chi connectivity index (χ0v) is 12.5. The van der Waals surface area contributed by atoms with Crippen LogP contribution in [0.15, 0.2) is 30.3 Å². The van der Waals surface area contributed by atoms with Crippen molar-refractivity contribution in [2.45, 2.75) is 19.3 Å². The van der Waals surface area contributed by atoms with E-state index < -0.39 is 0 Å². The summed E-state index contributed by atoms with van der Waals surface area (Å²) < 4.78 is 4.82. The lowest BCUT2D eigenvalue weighted by Gasteiger charge is -2.16. The quantitative estimate of drug-likeness (QED) is 0.799. The molecule has 1 saturated heterocycles. The maximum atomic E-state index is 12.6. The number of rotatable bonds is 3. The summed E-state index contributed by atoms with van der Waals surface area (Å²) in [5.41, 5.74) is 1.24. The molecule has 3 rings (SSSR count). The Kier molecular flexibility index (Phi) is 3.70. The molecule has 4 atom stereocenters. The van der Waals surface area contributed by atoms with Gasteiger partial charge >= 0.3 is 5.97 Å². The molecule has 1 aliphatic heterocycles. The molecular weight excluding hydrogens is 266 g/mol. The van der Waals surface area contributed by atoms with E-state index >= 15 is 0 Å². The average molecular weight is 287 g/mol. The summed E-state index contributed by atoms with van der Waals surface area (Å²) in [7, 11) is 1.41. The Balaban J connectivity index is 1.62. The van der Waals surface area contributed by atoms with E-state index in [0.29, 0.717) is 19.0 Å². The van der Waals surface area contributed by atoms with Crippen molar-refractivity contribution in [3.05, 3.63) is 35.9 Å². The van der Waals surface area contributed by atoms with Crippen molar-refractivity contribution in [1.29, 1.82) is 0 Å². The number of amides is 1. The molecule has 112 valence electrons. The van der Waals surface area contributed by atoms with Crippen molar-refractivity contribution in [2.24, 2.45) is 17.8 Å². The highest BCUT2D eigenvalue weighted by molar-refractivity contribution is 5.84. The first kappa shape index (κ1) is 14.1. The van der Waals surface area contributed by atoms with Crippen molar-refractivity contribution < 1.29 is 14.3 Å². The van der Waals surface area contributed by atoms with Gasteiger partial charge in [0.1, 0.15) is 0 Å². The minimum atomic E-state index is -0.201. The predicted molar refractivity (Wildman–Crippen MR) is 78.5 cm³/mol. The Bertz CT molecular complexity index is 542. The van der Waals surface area contributed by atoms with Gasteiger partial charge in [-0.15, -0.1) is 0 Å². The molecule has 1 aliphatic carbocycles. The molecular formula is C17H21NO3. The largest absolute Gasteiger partial charge is 0.469 e. The van der Waals surface area contributed by atoms with Crippen molar-refractivity contribution in [2.75, 3.05) is 20.2 Å². The van der Waals surface area contributed by atoms with Crippen LogP contribution in [0.1, 0.15) is 24.8 Å². The molecule has 0 spiro atoms. The number of methoxy groups -OCH3 is 1. The third kappa shape index (κ3) is 2.67. The summed E-state index contributed by atoms with van der Waals surface area (Å²) in [5.74, 6) is 0.445. The predicted octanol–water partition coefficient (Wildman–Crippen LogP) is 2.06. The molecule has 0 aromatic heterocycles. The smallest absolute Gasteiger partial charge is 0.310 e. The molecule has 2 aliphatic rings. The van der Waals surface area contributed by atoms with E-state index in [2.05, 4.69) is 12.1 Å². The molecule has 4 heteroatoms. The van der Waals surface area contributed by atoms with Crippen molar-refractivity contribution in [3.8, 4) is 0 Å². The highest BCUT2D eigenvalue weighted by Crippen LogP contribution is 2.49. The molecule has 2 fully saturated rings. The maximum Gasteiger partial charge on any atom is 0.310 e. The molecule has 1 aromatic carbocycles. The molecule has 1 heterocycles. The molecule has 1 aromatic rings. The van der Waals surface area contributed by atoms with Crippen LogP contribution in [0, 0.1) is 17.8 Å². The van der Waals surface area contributed by atoms with E-state index in [1.165, 1.54) is 12.7 Å². The minimum Gasteiger partial charge on any atom is -0.469 e. The molecule has 0 radical (unpaired) electrons. The Hall–Kier alpha value is -1.84. The number of likely N-dealkylation sites (tertiary alicyclic amines) is 1. The Morgan fingerprint density at radius 3 is 2.52 bits per heavy atom. The van der Waals surface area contributed by atoms with E-state index in [-0.39, 0.29) is 29.6 Å². The van der Waals surface area contributed by atoms with E-state index in [0.717, 1.165) is 6.42 Å². The second-order valence-corrected chi connectivity index (χ2v) is 6.21. The minimum absolute atomic E-state index is 0.0935. The second-order valence-electron chi connectivity index (χ2n) is 6.21. The van der Waals surface area contributed by atoms with E-state index in [9.17, 15) is 9.59 Å². The van der Waals surface area contributed by atoms with Gasteiger partial charge in [-0.05, 0) is 23.8 Å². The number of hydrogen-bond acceptors (Lipinski definition) is 3. The van der Waals surface area contributed by atoms with Crippen LogP contribution in [0.2, 0.25) is 0 Å². The number of benzene rings is 1. The Morgan fingerprint density at radius 2 is 1.86 bits per heavy atom. The van der Waals surface area contributed by atoms with E-state index in [1.807, 2.05) is 30.0 Å². The van der Waals surface area contributed by atoms with Gasteiger partial charge in [-0.25, -0.2) is 0 Å². The molecule has 4 unspecified atom stereocenters. The van der Waals surface area contributed by atoms with Crippen LogP contribution in [0.25, 0.3) is 0 Å². The number of ether oxygens (including phenoxy) is 1. The van der Waals surface area contributed by atoms with Crippen molar-refractivity contribution in [3.63, 3.8) is 0 Å². The van der Waals surface area contributed by atoms with Crippen LogP contribution in [0.5, 0.6) is 0 Å². The van der Waals surface area contributed by atoms with Crippen molar-refractivity contribution >= 4 is 11.9 Å². The molecule has 0 N–H and O–H groups in total. The second kappa shape index (κ2) is 5.51. The lowest BCUT2D eigenvalue weighted by molar-refractivity contribution is -0.146. The number of carbonyl (C=O) groups excluding carboxylic acids is 2. The molecule has 21 heavy (non-hydrogen) atoms. The zero-order valence-electron chi connectivity index (χ0n) is 12.5. The SMILES string of the molecule is COC(=O)C1CN(C(=O)C2CC2c2ccccc2)CC1C. The Labute approximate surface area is 125 Å². The zero-order chi connectivity index (χ0) is 15.0. The average Bonchev–Trinajstić information content (AvgIpc) is 3.22. The Morgan fingerprint density at radius 1 is 1.14 bits per heavy atom. The normalized spacial score (nSPS) is 31.0. The molecule has 1 amide bonds. The third-order valence-electron chi connectivity index (χ3n) is 4.76. The summed E-state index contributed by atoms with van der Waals surface area (Å²) in [6.45, 7) is 3.18. The number of carbonyl (C=O) groups is 2. The van der Waals surface area contributed by atoms with Gasteiger partial charge in [-0.1, -0.05) is 37.3 Å². The first-order valence-corrected chi connectivity index (χ1v) is 7.53. The molecule has 0 bridgehead atoms. The first-order chi connectivity index (χ1) is 10.1. The molecule has 1 saturated carbocycles. The summed E-state index contributed by atoms with van der Waals surface area (Å²) in [5, 5.41) is 0. The van der Waals surface area contributed by atoms with Gasteiger partial charge in [0.25, 0.3) is 0 Å². The monoisotopic (exact) mass is 287 g/mol. The highest BCUT2D eigenvalue weighted by Gasteiger charge is 2.48. The van der Waals surface area contributed by atoms with E-state index in [4.69, 9.17) is 4.74 Å². The first-order valence-electron chi connectivity index (χ1n) is 7.53. The van der Waals surface area contributed by atoms with Crippen LogP contribution in [0.4, 0.5) is 0 Å². The van der Waals surface area contributed by atoms with Gasteiger partial charge in [0.15, 0.2) is 0 Å². The van der Waals surface area contributed by atoms with Gasteiger partial charge in [0.2, 0.25) is 5.91 Å². The summed E-state index contributed by atoms with van der Waals surface area (Å²) in [6, 6.07) is 10.2. The third-order valence-corrected chi connectivity index (χ3v) is 4.76. The van der Waals surface area contributed by atoms with Gasteiger partial charge < -0.3 is 9.64 Å². The summed E-state index contributed by atoms with van der Waals surface area (Å²) >= 11 is 0. The lowest BCUT2D eigenvalue weighted by atomic mass is 9.99. The van der Waals surface area contributed by atoms with Gasteiger partial charge in [0.05, 0.1) is 13.0 Å². The van der Waals surface area contributed by atoms with Crippen LogP contribution in [-0.2, 0) is 14.3 Å². The summed E-state index contributed by atoms with van der Waals surface area (Å²) in [6.07, 6.45) is 0.927. The number of esters is 1. The van der Waals surface area contributed by atoms with Crippen molar-refractivity contribution in [1.82, 2.24) is 4.90 Å². The van der Waals surface area contributed by atoms with Crippen LogP contribution in [0.3, 0.4) is 0 Å². The summed E-state index contributed by atoms with van der Waals surface area (Å²) in [4.78, 5) is 26.1. The number of hydrogen-bond donors (Lipinski definition) is 0. The number of nitrogens with zero attached hydrogens (tertiary/aromatic N) is 1. The fourth-order valence-corrected chi connectivity index (χ4v) is 3.38. The highest BCUT2D eigenvalue weighted by atomic mass is 16.5.